The first-order chi connectivity index (χ1) is 11.1. The molecule has 1 atom stereocenters. The van der Waals surface area contributed by atoms with Gasteiger partial charge in [-0.05, 0) is 37.5 Å². The van der Waals surface area contributed by atoms with Gasteiger partial charge in [-0.3, -0.25) is 4.90 Å². The lowest BCUT2D eigenvalue weighted by Gasteiger charge is -2.34. The number of nitrogens with zero attached hydrogens (tertiary/aromatic N) is 1. The molecule has 1 aliphatic heterocycles. The van der Waals surface area contributed by atoms with Gasteiger partial charge in [0.25, 0.3) is 0 Å². The van der Waals surface area contributed by atoms with Gasteiger partial charge in [-0.1, -0.05) is 30.3 Å². The molecular formula is C18H21N3O2. The molecule has 4 N–H and O–H groups in total. The number of benzene rings is 2. The van der Waals surface area contributed by atoms with E-state index in [4.69, 9.17) is 5.73 Å². The Hall–Kier alpha value is -2.69. The van der Waals surface area contributed by atoms with Gasteiger partial charge < -0.3 is 16.2 Å². The summed E-state index contributed by atoms with van der Waals surface area (Å²) in [6, 6.07) is 13.8. The third-order valence-corrected chi connectivity index (χ3v) is 4.38. The molecule has 5 heteroatoms. The fraction of sp³-hybridized carbons (Fsp3) is 0.278. The highest BCUT2D eigenvalue weighted by Crippen LogP contribution is 2.38. The number of nitrogen functional groups attached to an aromatic ring is 1. The zero-order valence-corrected chi connectivity index (χ0v) is 13.1. The summed E-state index contributed by atoms with van der Waals surface area (Å²) >= 11 is 0. The topological polar surface area (TPSA) is 78.6 Å². The predicted molar refractivity (Wildman–Crippen MR) is 92.9 cm³/mol. The van der Waals surface area contributed by atoms with Crippen LogP contribution in [0.4, 0.5) is 21.9 Å². The van der Waals surface area contributed by atoms with Crippen LogP contribution < -0.4 is 16.0 Å². The van der Waals surface area contributed by atoms with E-state index in [-0.39, 0.29) is 6.04 Å². The molecular weight excluding hydrogens is 290 g/mol. The second-order valence-corrected chi connectivity index (χ2v) is 5.90. The number of hydrogen-bond donors (Lipinski definition) is 3. The van der Waals surface area contributed by atoms with E-state index in [1.807, 2.05) is 37.3 Å². The standard InChI is InChI=1S/C18H21N3O2/c1-12-7-8-14-16(21(12)18(22)23)10-9-15(17(14)19)20-11-13-5-3-2-4-6-13/h2-6,9-10,12,20H,7-8,11,19H2,1H3,(H,22,23). The monoisotopic (exact) mass is 311 g/mol. The zero-order valence-electron chi connectivity index (χ0n) is 13.1. The molecule has 0 saturated carbocycles. The van der Waals surface area contributed by atoms with Crippen molar-refractivity contribution in [1.29, 1.82) is 0 Å². The smallest absolute Gasteiger partial charge is 0.412 e. The van der Waals surface area contributed by atoms with E-state index < -0.39 is 6.09 Å². The van der Waals surface area contributed by atoms with Crippen LogP contribution in [-0.2, 0) is 13.0 Å². The second kappa shape index (κ2) is 6.20. The number of anilines is 3. The highest BCUT2D eigenvalue weighted by atomic mass is 16.4. The minimum Gasteiger partial charge on any atom is -0.465 e. The van der Waals surface area contributed by atoms with Crippen molar-refractivity contribution < 1.29 is 9.90 Å². The Balaban J connectivity index is 1.86. The van der Waals surface area contributed by atoms with Crippen molar-refractivity contribution in [2.75, 3.05) is 16.0 Å². The van der Waals surface area contributed by atoms with Crippen molar-refractivity contribution in [2.24, 2.45) is 0 Å². The summed E-state index contributed by atoms with van der Waals surface area (Å²) in [6.45, 7) is 2.61. The first kappa shape index (κ1) is 15.2. The van der Waals surface area contributed by atoms with Crippen molar-refractivity contribution in [3.63, 3.8) is 0 Å². The number of carboxylic acid groups (broad SMARTS) is 1. The third kappa shape index (κ3) is 2.95. The number of amides is 1. The average Bonchev–Trinajstić information content (AvgIpc) is 2.54. The van der Waals surface area contributed by atoms with Crippen molar-refractivity contribution in [3.05, 3.63) is 53.6 Å². The van der Waals surface area contributed by atoms with Gasteiger partial charge in [0.2, 0.25) is 0 Å². The minimum absolute atomic E-state index is 0.0254. The Bertz CT molecular complexity index is 716. The summed E-state index contributed by atoms with van der Waals surface area (Å²) in [5, 5.41) is 12.8. The molecule has 1 unspecified atom stereocenters. The van der Waals surface area contributed by atoms with Crippen LogP contribution >= 0.6 is 0 Å². The minimum atomic E-state index is -0.928. The molecule has 2 aromatic rings. The van der Waals surface area contributed by atoms with E-state index in [1.54, 1.807) is 0 Å². The van der Waals surface area contributed by atoms with Gasteiger partial charge in [0.05, 0.1) is 17.1 Å². The molecule has 120 valence electrons. The molecule has 0 spiro atoms. The molecule has 0 saturated heterocycles. The number of rotatable bonds is 3. The molecule has 0 bridgehead atoms. The maximum atomic E-state index is 11.5. The van der Waals surface area contributed by atoms with Gasteiger partial charge in [0.1, 0.15) is 0 Å². The maximum Gasteiger partial charge on any atom is 0.412 e. The maximum absolute atomic E-state index is 11.5. The largest absolute Gasteiger partial charge is 0.465 e. The Kier molecular flexibility index (Phi) is 4.10. The molecule has 3 rings (SSSR count). The van der Waals surface area contributed by atoms with E-state index in [9.17, 15) is 9.90 Å². The molecule has 2 aromatic carbocycles. The SMILES string of the molecule is CC1CCc2c(ccc(NCc3ccccc3)c2N)N1C(=O)O. The molecule has 1 amide bonds. The summed E-state index contributed by atoms with van der Waals surface area (Å²) in [7, 11) is 0. The Labute approximate surface area is 135 Å². The van der Waals surface area contributed by atoms with Crippen molar-refractivity contribution >= 4 is 23.2 Å². The highest BCUT2D eigenvalue weighted by molar-refractivity contribution is 5.92. The summed E-state index contributed by atoms with van der Waals surface area (Å²) < 4.78 is 0. The normalized spacial score (nSPS) is 16.7. The van der Waals surface area contributed by atoms with Crippen molar-refractivity contribution in [3.8, 4) is 0 Å². The van der Waals surface area contributed by atoms with Gasteiger partial charge in [-0.25, -0.2) is 4.79 Å². The second-order valence-electron chi connectivity index (χ2n) is 5.90. The van der Waals surface area contributed by atoms with Crippen LogP contribution in [0, 0.1) is 0 Å². The first-order valence-corrected chi connectivity index (χ1v) is 7.79. The van der Waals surface area contributed by atoms with Crippen molar-refractivity contribution in [1.82, 2.24) is 0 Å². The summed E-state index contributed by atoms with van der Waals surface area (Å²) in [5.41, 5.74) is 10.6. The number of hydrogen-bond acceptors (Lipinski definition) is 3. The predicted octanol–water partition coefficient (Wildman–Crippen LogP) is 3.70. The lowest BCUT2D eigenvalue weighted by molar-refractivity contribution is 0.198. The molecule has 5 nitrogen and oxygen atoms in total. The Morgan fingerprint density at radius 1 is 1.30 bits per heavy atom. The van der Waals surface area contributed by atoms with Crippen LogP contribution in [-0.4, -0.2) is 17.2 Å². The van der Waals surface area contributed by atoms with Gasteiger partial charge in [-0.2, -0.15) is 0 Å². The number of carbonyl (C=O) groups is 1. The Morgan fingerprint density at radius 3 is 2.74 bits per heavy atom. The molecule has 1 heterocycles. The van der Waals surface area contributed by atoms with Crippen LogP contribution in [0.15, 0.2) is 42.5 Å². The Morgan fingerprint density at radius 2 is 2.04 bits per heavy atom. The lowest BCUT2D eigenvalue weighted by Crippen LogP contribution is -2.41. The van der Waals surface area contributed by atoms with Crippen LogP contribution in [0.2, 0.25) is 0 Å². The fourth-order valence-electron chi connectivity index (χ4n) is 3.10. The number of nitrogens with two attached hydrogens (primary N) is 1. The van der Waals surface area contributed by atoms with Gasteiger partial charge in [0.15, 0.2) is 0 Å². The van der Waals surface area contributed by atoms with Crippen molar-refractivity contribution in [2.45, 2.75) is 32.4 Å². The summed E-state index contributed by atoms with van der Waals surface area (Å²) in [5.74, 6) is 0. The third-order valence-electron chi connectivity index (χ3n) is 4.38. The highest BCUT2D eigenvalue weighted by Gasteiger charge is 2.29. The van der Waals surface area contributed by atoms with Crippen LogP contribution in [0.25, 0.3) is 0 Å². The summed E-state index contributed by atoms with van der Waals surface area (Å²) in [4.78, 5) is 12.9. The number of fused-ring (bicyclic) bond motifs is 1. The van der Waals surface area contributed by atoms with E-state index in [0.29, 0.717) is 17.9 Å². The number of nitrogens with one attached hydrogen (secondary N) is 1. The van der Waals surface area contributed by atoms with Crippen LogP contribution in [0.5, 0.6) is 0 Å². The van der Waals surface area contributed by atoms with Gasteiger partial charge >= 0.3 is 6.09 Å². The van der Waals surface area contributed by atoms with Gasteiger partial charge in [0, 0.05) is 18.2 Å². The van der Waals surface area contributed by atoms with E-state index in [2.05, 4.69) is 17.4 Å². The van der Waals surface area contributed by atoms with Crippen LogP contribution in [0.3, 0.4) is 0 Å². The van der Waals surface area contributed by atoms with Crippen LogP contribution in [0.1, 0.15) is 24.5 Å². The first-order valence-electron chi connectivity index (χ1n) is 7.79. The molecule has 0 fully saturated rings. The quantitative estimate of drug-likeness (QED) is 0.755. The lowest BCUT2D eigenvalue weighted by atomic mass is 9.95. The molecule has 0 aliphatic carbocycles. The van der Waals surface area contributed by atoms with Gasteiger partial charge in [-0.15, -0.1) is 0 Å². The zero-order chi connectivity index (χ0) is 16.4. The molecule has 1 aliphatic rings. The summed E-state index contributed by atoms with van der Waals surface area (Å²) in [6.07, 6.45) is 0.654. The molecule has 0 radical (unpaired) electrons. The van der Waals surface area contributed by atoms with E-state index >= 15 is 0 Å². The molecule has 0 aromatic heterocycles. The fourth-order valence-corrected chi connectivity index (χ4v) is 3.10. The average molecular weight is 311 g/mol. The van der Waals surface area contributed by atoms with E-state index in [1.165, 1.54) is 10.5 Å². The molecule has 23 heavy (non-hydrogen) atoms. The van der Waals surface area contributed by atoms with E-state index in [0.717, 1.165) is 24.1 Å².